The number of likely N-dealkylation sites (N-methyl/N-ethyl adjacent to an activating group) is 1. The lowest BCUT2D eigenvalue weighted by Gasteiger charge is -2.28. The average molecular weight is 772 g/mol. The van der Waals surface area contributed by atoms with Gasteiger partial charge in [-0.15, -0.1) is 0 Å². The van der Waals surface area contributed by atoms with Crippen LogP contribution < -0.4 is 4.89 Å². The SMILES string of the molecule is CCCCC/C=C\C/C=C\CCCCCCCCCC(=O)OC(COC(=O)CCCCCCCCCCCCCC)COP(=O)([O-])OCC[N+](C)(C)C. The minimum atomic E-state index is -4.62. The van der Waals surface area contributed by atoms with Gasteiger partial charge in [-0.3, -0.25) is 14.2 Å². The Morgan fingerprint density at radius 3 is 1.53 bits per heavy atom. The van der Waals surface area contributed by atoms with Crippen LogP contribution in [0.25, 0.3) is 0 Å². The van der Waals surface area contributed by atoms with E-state index in [1.54, 1.807) is 0 Å². The summed E-state index contributed by atoms with van der Waals surface area (Å²) in [5, 5.41) is 0. The van der Waals surface area contributed by atoms with Gasteiger partial charge in [-0.2, -0.15) is 0 Å². The lowest BCUT2D eigenvalue weighted by Crippen LogP contribution is -2.37. The molecule has 0 bridgehead atoms. The van der Waals surface area contributed by atoms with E-state index < -0.39 is 26.5 Å². The molecule has 2 unspecified atom stereocenters. The second-order valence-corrected chi connectivity index (χ2v) is 17.1. The predicted molar refractivity (Wildman–Crippen MR) is 218 cm³/mol. The number of allylic oxidation sites excluding steroid dienone is 4. The van der Waals surface area contributed by atoms with Gasteiger partial charge in [0.05, 0.1) is 27.7 Å². The first-order chi connectivity index (χ1) is 25.5. The van der Waals surface area contributed by atoms with Crippen molar-refractivity contribution in [3.05, 3.63) is 24.3 Å². The van der Waals surface area contributed by atoms with Crippen LogP contribution >= 0.6 is 7.82 Å². The van der Waals surface area contributed by atoms with Gasteiger partial charge in [0.15, 0.2) is 6.10 Å². The zero-order valence-electron chi connectivity index (χ0n) is 35.0. The van der Waals surface area contributed by atoms with Crippen LogP contribution in [-0.2, 0) is 32.7 Å². The van der Waals surface area contributed by atoms with Crippen molar-refractivity contribution < 1.29 is 42.1 Å². The molecule has 0 aromatic rings. The van der Waals surface area contributed by atoms with Gasteiger partial charge in [0, 0.05) is 12.8 Å². The third-order valence-corrected chi connectivity index (χ3v) is 10.2. The molecule has 0 heterocycles. The van der Waals surface area contributed by atoms with Crippen LogP contribution in [0.1, 0.15) is 187 Å². The summed E-state index contributed by atoms with van der Waals surface area (Å²) in [5.74, 6) is -0.839. The molecule has 312 valence electrons. The van der Waals surface area contributed by atoms with E-state index in [-0.39, 0.29) is 32.0 Å². The molecule has 53 heavy (non-hydrogen) atoms. The van der Waals surface area contributed by atoms with Crippen LogP contribution in [0.5, 0.6) is 0 Å². The molecule has 0 rings (SSSR count). The molecule has 0 aromatic heterocycles. The summed E-state index contributed by atoms with van der Waals surface area (Å²) < 4.78 is 33.9. The Bertz CT molecular complexity index is 964. The summed E-state index contributed by atoms with van der Waals surface area (Å²) >= 11 is 0. The quantitative estimate of drug-likeness (QED) is 0.0200. The van der Waals surface area contributed by atoms with Gasteiger partial charge in [0.25, 0.3) is 7.82 Å². The van der Waals surface area contributed by atoms with Gasteiger partial charge in [0.1, 0.15) is 19.8 Å². The summed E-state index contributed by atoms with van der Waals surface area (Å²) in [6.07, 6.45) is 37.7. The van der Waals surface area contributed by atoms with Crippen LogP contribution in [-0.4, -0.2) is 70.0 Å². The van der Waals surface area contributed by atoms with Crippen LogP contribution in [0.4, 0.5) is 0 Å². The number of hydrogen-bond donors (Lipinski definition) is 0. The third-order valence-electron chi connectivity index (χ3n) is 9.22. The second-order valence-electron chi connectivity index (χ2n) is 15.7. The monoisotopic (exact) mass is 772 g/mol. The molecule has 0 N–H and O–H groups in total. The van der Waals surface area contributed by atoms with Crippen molar-refractivity contribution in [3.63, 3.8) is 0 Å². The highest BCUT2D eigenvalue weighted by atomic mass is 31.2. The maximum absolute atomic E-state index is 12.7. The summed E-state index contributed by atoms with van der Waals surface area (Å²) in [6, 6.07) is 0. The Morgan fingerprint density at radius 1 is 0.585 bits per heavy atom. The lowest BCUT2D eigenvalue weighted by atomic mass is 10.0. The number of carbonyl (C=O) groups excluding carboxylic acids is 2. The maximum Gasteiger partial charge on any atom is 0.306 e. The highest BCUT2D eigenvalue weighted by molar-refractivity contribution is 7.45. The maximum atomic E-state index is 12.7. The molecule has 0 aromatic carbocycles. The van der Waals surface area contributed by atoms with E-state index in [0.717, 1.165) is 51.4 Å². The smallest absolute Gasteiger partial charge is 0.306 e. The zero-order chi connectivity index (χ0) is 39.3. The van der Waals surface area contributed by atoms with Gasteiger partial charge in [0.2, 0.25) is 0 Å². The van der Waals surface area contributed by atoms with Gasteiger partial charge in [-0.25, -0.2) is 0 Å². The predicted octanol–water partition coefficient (Wildman–Crippen LogP) is 11.3. The number of ether oxygens (including phenoxy) is 2. The third kappa shape index (κ3) is 40.0. The van der Waals surface area contributed by atoms with Gasteiger partial charge < -0.3 is 27.9 Å². The number of esters is 2. The van der Waals surface area contributed by atoms with Crippen molar-refractivity contribution >= 4 is 19.8 Å². The number of carbonyl (C=O) groups is 2. The summed E-state index contributed by atoms with van der Waals surface area (Å²) in [7, 11) is 1.16. The number of hydrogen-bond acceptors (Lipinski definition) is 8. The lowest BCUT2D eigenvalue weighted by molar-refractivity contribution is -0.870. The van der Waals surface area contributed by atoms with Gasteiger partial charge in [-0.05, 0) is 44.9 Å². The first-order valence-electron chi connectivity index (χ1n) is 21.5. The molecule has 10 heteroatoms. The van der Waals surface area contributed by atoms with E-state index in [1.807, 2.05) is 21.1 Å². The molecule has 0 spiro atoms. The van der Waals surface area contributed by atoms with Crippen LogP contribution in [0.3, 0.4) is 0 Å². The number of rotatable bonds is 39. The molecule has 0 amide bonds. The van der Waals surface area contributed by atoms with Crippen LogP contribution in [0.2, 0.25) is 0 Å². The van der Waals surface area contributed by atoms with Crippen LogP contribution in [0, 0.1) is 0 Å². The average Bonchev–Trinajstić information content (AvgIpc) is 3.10. The number of unbranched alkanes of at least 4 members (excludes halogenated alkanes) is 21. The molecule has 0 aliphatic heterocycles. The van der Waals surface area contributed by atoms with E-state index in [1.165, 1.54) is 103 Å². The summed E-state index contributed by atoms with van der Waals surface area (Å²) in [5.41, 5.74) is 0. The minimum absolute atomic E-state index is 0.0308. The van der Waals surface area contributed by atoms with E-state index in [9.17, 15) is 19.0 Å². The fraction of sp³-hybridized carbons (Fsp3) is 0.860. The minimum Gasteiger partial charge on any atom is -0.756 e. The van der Waals surface area contributed by atoms with Gasteiger partial charge in [-0.1, -0.05) is 154 Å². The Labute approximate surface area is 326 Å². The van der Waals surface area contributed by atoms with E-state index in [4.69, 9.17) is 18.5 Å². The normalized spacial score (nSPS) is 13.8. The van der Waals surface area contributed by atoms with Crippen molar-refractivity contribution in [1.29, 1.82) is 0 Å². The van der Waals surface area contributed by atoms with Crippen LogP contribution in [0.15, 0.2) is 24.3 Å². The number of phosphoric acid groups is 1. The summed E-state index contributed by atoms with van der Waals surface area (Å²) in [6.45, 7) is 4.19. The Hall–Kier alpha value is -1.51. The topological polar surface area (TPSA) is 111 Å². The van der Waals surface area contributed by atoms with E-state index in [2.05, 4.69) is 38.2 Å². The first kappa shape index (κ1) is 51.5. The fourth-order valence-electron chi connectivity index (χ4n) is 5.80. The highest BCUT2D eigenvalue weighted by Crippen LogP contribution is 2.38. The molecule has 0 saturated heterocycles. The van der Waals surface area contributed by atoms with Crippen molar-refractivity contribution in [2.75, 3.05) is 47.5 Å². The Balaban J connectivity index is 4.37. The molecular formula is C43H82NO8P. The van der Waals surface area contributed by atoms with Crippen molar-refractivity contribution in [2.45, 2.75) is 193 Å². The molecule has 0 aliphatic rings. The standard InChI is InChI=1S/C43H82NO8P/c1-6-8-10-12-14-16-18-20-21-22-23-24-26-28-30-32-34-36-43(46)52-41(40-51-53(47,48)50-38-37-44(3,4)5)39-49-42(45)35-33-31-29-27-25-19-17-15-13-11-9-7-2/h14,16,20-21,41H,6-13,15,17-19,22-40H2,1-5H3/b16-14-,21-20-. The summed E-state index contributed by atoms with van der Waals surface area (Å²) in [4.78, 5) is 37.5. The van der Waals surface area contributed by atoms with Gasteiger partial charge >= 0.3 is 11.9 Å². The molecule has 9 nitrogen and oxygen atoms in total. The zero-order valence-corrected chi connectivity index (χ0v) is 35.9. The Morgan fingerprint density at radius 2 is 1.02 bits per heavy atom. The number of nitrogens with zero attached hydrogens (tertiary/aromatic N) is 1. The molecule has 0 aliphatic carbocycles. The van der Waals surface area contributed by atoms with Crippen molar-refractivity contribution in [3.8, 4) is 0 Å². The van der Waals surface area contributed by atoms with Crippen molar-refractivity contribution in [1.82, 2.24) is 0 Å². The molecular weight excluding hydrogens is 689 g/mol. The fourth-order valence-corrected chi connectivity index (χ4v) is 6.53. The molecule has 0 fully saturated rings. The van der Waals surface area contributed by atoms with E-state index >= 15 is 0 Å². The van der Waals surface area contributed by atoms with Crippen molar-refractivity contribution in [2.24, 2.45) is 0 Å². The highest BCUT2D eigenvalue weighted by Gasteiger charge is 2.21. The van der Waals surface area contributed by atoms with E-state index in [0.29, 0.717) is 17.4 Å². The second kappa shape index (κ2) is 36.1. The first-order valence-corrected chi connectivity index (χ1v) is 23.0. The largest absolute Gasteiger partial charge is 0.756 e. The molecule has 2 atom stereocenters. The molecule has 0 saturated carbocycles. The molecule has 0 radical (unpaired) electrons. The number of phosphoric ester groups is 1. The number of quaternary nitrogens is 1. The Kier molecular flexibility index (Phi) is 35.1.